The van der Waals surface area contributed by atoms with E-state index in [1.807, 2.05) is 0 Å². The van der Waals surface area contributed by atoms with Gasteiger partial charge in [-0.1, -0.05) is 0 Å². The zero-order valence-electron chi connectivity index (χ0n) is 28.3. The molecule has 2 aliphatic rings. The highest BCUT2D eigenvalue weighted by atomic mass is 19.1. The van der Waals surface area contributed by atoms with Crippen molar-refractivity contribution < 1.29 is 42.5 Å². The van der Waals surface area contributed by atoms with Crippen LogP contribution in [0, 0.1) is 12.7 Å². The number of aromatic nitrogens is 2. The van der Waals surface area contributed by atoms with Gasteiger partial charge >= 0.3 is 18.2 Å². The van der Waals surface area contributed by atoms with E-state index in [-0.39, 0.29) is 53.6 Å². The summed E-state index contributed by atoms with van der Waals surface area (Å²) in [6.45, 7) is 13.1. The Balaban J connectivity index is 1.58. The number of carbonyl (C=O) groups is 3. The van der Waals surface area contributed by atoms with Gasteiger partial charge in [0.05, 0.1) is 31.5 Å². The summed E-state index contributed by atoms with van der Waals surface area (Å²) in [5, 5.41) is 8.72. The number of halogens is 1. The molecular weight excluding hydrogens is 627 g/mol. The van der Waals surface area contributed by atoms with Crippen molar-refractivity contribution in [2.24, 2.45) is 0 Å². The fourth-order valence-electron chi connectivity index (χ4n) is 5.39. The molecule has 0 spiro atoms. The van der Waals surface area contributed by atoms with Gasteiger partial charge in [0, 0.05) is 36.0 Å². The maximum absolute atomic E-state index is 16.6. The summed E-state index contributed by atoms with van der Waals surface area (Å²) in [7, 11) is 1.54. The van der Waals surface area contributed by atoms with Gasteiger partial charge < -0.3 is 29.0 Å². The first kappa shape index (κ1) is 34.6. The molecule has 1 saturated heterocycles. The molecular formula is C33H41FN6O8. The maximum Gasteiger partial charge on any atom is 0.415 e. The molecule has 1 fully saturated rings. The first-order chi connectivity index (χ1) is 22.5. The maximum atomic E-state index is 16.6. The minimum atomic E-state index is -0.877. The number of amides is 4. The summed E-state index contributed by atoms with van der Waals surface area (Å²) in [6, 6.07) is 2.21. The SMILES string of the molecule is CO[C@@H]1COC[C@@H]1NC(=O)Nc1cc2cc(-c3cnc4c(c3C)N(C(=O)OC(C)(C)C)CCO4)c(F)c(NC(=O)OC(C)(C)C)c2cn1. The van der Waals surface area contributed by atoms with E-state index in [1.165, 1.54) is 24.4 Å². The lowest BCUT2D eigenvalue weighted by Crippen LogP contribution is -2.45. The van der Waals surface area contributed by atoms with Gasteiger partial charge in [0.25, 0.3) is 0 Å². The van der Waals surface area contributed by atoms with Crippen LogP contribution in [0.5, 0.6) is 5.88 Å². The molecule has 0 aliphatic carbocycles. The Morgan fingerprint density at radius 3 is 2.40 bits per heavy atom. The van der Waals surface area contributed by atoms with Crippen molar-refractivity contribution in [2.45, 2.75) is 71.8 Å². The highest BCUT2D eigenvalue weighted by Crippen LogP contribution is 2.42. The largest absolute Gasteiger partial charge is 0.474 e. The van der Waals surface area contributed by atoms with Crippen molar-refractivity contribution in [1.82, 2.24) is 15.3 Å². The molecule has 5 rings (SSSR count). The van der Waals surface area contributed by atoms with E-state index in [9.17, 15) is 14.4 Å². The smallest absolute Gasteiger partial charge is 0.415 e. The Labute approximate surface area is 277 Å². The van der Waals surface area contributed by atoms with Gasteiger partial charge in [-0.2, -0.15) is 0 Å². The molecule has 0 radical (unpaired) electrons. The zero-order valence-corrected chi connectivity index (χ0v) is 28.3. The number of pyridine rings is 2. The van der Waals surface area contributed by atoms with Crippen molar-refractivity contribution in [3.63, 3.8) is 0 Å². The summed E-state index contributed by atoms with van der Waals surface area (Å²) in [4.78, 5) is 49.1. The first-order valence-electron chi connectivity index (χ1n) is 15.5. The molecule has 2 aromatic heterocycles. The van der Waals surface area contributed by atoms with Gasteiger partial charge in [0.2, 0.25) is 5.88 Å². The number of fused-ring (bicyclic) bond motifs is 2. The van der Waals surface area contributed by atoms with Crippen LogP contribution in [0.2, 0.25) is 0 Å². The van der Waals surface area contributed by atoms with Crippen LogP contribution >= 0.6 is 0 Å². The van der Waals surface area contributed by atoms with Crippen molar-refractivity contribution in [3.8, 4) is 17.0 Å². The summed E-state index contributed by atoms with van der Waals surface area (Å²) in [6.07, 6.45) is 1.02. The average Bonchev–Trinajstić information content (AvgIpc) is 3.43. The van der Waals surface area contributed by atoms with Crippen LogP contribution in [0.3, 0.4) is 0 Å². The molecule has 14 nitrogen and oxygen atoms in total. The molecule has 15 heteroatoms. The van der Waals surface area contributed by atoms with E-state index in [0.29, 0.717) is 35.4 Å². The number of benzene rings is 1. The van der Waals surface area contributed by atoms with Crippen LogP contribution in [0.25, 0.3) is 21.9 Å². The first-order valence-corrected chi connectivity index (χ1v) is 15.5. The van der Waals surface area contributed by atoms with Crippen LogP contribution in [0.4, 0.5) is 36.0 Å². The van der Waals surface area contributed by atoms with Crippen LogP contribution in [0.15, 0.2) is 24.5 Å². The van der Waals surface area contributed by atoms with Crippen LogP contribution in [-0.4, -0.2) is 85.0 Å². The molecule has 0 unspecified atom stereocenters. The van der Waals surface area contributed by atoms with Crippen molar-refractivity contribution in [1.29, 1.82) is 0 Å². The standard InChI is InChI=1S/C33H41FN6O8/c1-17-20(13-36-28-27(17)40(9-10-46-28)31(43)48-33(5,6)7)19-11-18-12-24(38-29(41)37-22-15-45-16-23(22)44-8)35-14-21(18)26(25(19)34)39-30(42)47-32(2,3)4/h11-14,22-23H,9-10,15-16H2,1-8H3,(H,39,42)(H2,35,37,38,41)/t22-,23+/m0/s1. The van der Waals surface area contributed by atoms with Crippen LogP contribution in [-0.2, 0) is 18.9 Å². The van der Waals surface area contributed by atoms with E-state index in [4.69, 9.17) is 23.7 Å². The Hall–Kier alpha value is -4.76. The average molecular weight is 669 g/mol. The number of hydrogen-bond donors (Lipinski definition) is 3. The Bertz CT molecular complexity index is 1740. The van der Waals surface area contributed by atoms with Crippen LogP contribution < -0.4 is 25.6 Å². The van der Waals surface area contributed by atoms with Crippen LogP contribution in [0.1, 0.15) is 47.1 Å². The molecule has 258 valence electrons. The second-order valence-corrected chi connectivity index (χ2v) is 13.5. The minimum Gasteiger partial charge on any atom is -0.474 e. The predicted octanol–water partition coefficient (Wildman–Crippen LogP) is 5.76. The normalized spacial score (nSPS) is 17.7. The number of anilines is 3. The topological polar surface area (TPSA) is 162 Å². The number of ether oxygens (including phenoxy) is 5. The third kappa shape index (κ3) is 7.68. The lowest BCUT2D eigenvalue weighted by molar-refractivity contribution is 0.0564. The van der Waals surface area contributed by atoms with E-state index in [1.54, 1.807) is 60.6 Å². The van der Waals surface area contributed by atoms with Crippen molar-refractivity contribution >= 4 is 46.2 Å². The molecule has 3 aromatic rings. The number of nitrogens with zero attached hydrogens (tertiary/aromatic N) is 3. The molecule has 2 aliphatic heterocycles. The number of rotatable bonds is 5. The number of nitrogens with one attached hydrogen (secondary N) is 3. The van der Waals surface area contributed by atoms with Gasteiger partial charge in [-0.25, -0.2) is 28.7 Å². The van der Waals surface area contributed by atoms with E-state index in [0.717, 1.165) is 0 Å². The number of hydrogen-bond acceptors (Lipinski definition) is 10. The quantitative estimate of drug-likeness (QED) is 0.305. The van der Waals surface area contributed by atoms with Gasteiger partial charge in [-0.05, 0) is 71.5 Å². The summed E-state index contributed by atoms with van der Waals surface area (Å²) >= 11 is 0. The van der Waals surface area contributed by atoms with E-state index >= 15 is 4.39 Å². The molecule has 2 atom stereocenters. The Kier molecular flexibility index (Phi) is 9.65. The van der Waals surface area contributed by atoms with Gasteiger partial charge in [0.1, 0.15) is 35.4 Å². The Morgan fingerprint density at radius 1 is 0.979 bits per heavy atom. The molecule has 48 heavy (non-hydrogen) atoms. The molecule has 3 N–H and O–H groups in total. The third-order valence-electron chi connectivity index (χ3n) is 7.48. The highest BCUT2D eigenvalue weighted by molar-refractivity contribution is 6.05. The summed E-state index contributed by atoms with van der Waals surface area (Å²) in [5.74, 6) is -0.420. The third-order valence-corrected chi connectivity index (χ3v) is 7.48. The second kappa shape index (κ2) is 13.4. The van der Waals surface area contributed by atoms with Gasteiger partial charge in [-0.3, -0.25) is 15.5 Å². The fraction of sp³-hybridized carbons (Fsp3) is 0.485. The summed E-state index contributed by atoms with van der Waals surface area (Å²) < 4.78 is 44.1. The number of methoxy groups -OCH3 is 1. The van der Waals surface area contributed by atoms with E-state index < -0.39 is 35.2 Å². The zero-order chi connectivity index (χ0) is 35.0. The van der Waals surface area contributed by atoms with Crippen molar-refractivity contribution in [2.75, 3.05) is 49.0 Å². The summed E-state index contributed by atoms with van der Waals surface area (Å²) in [5.41, 5.74) is -0.581. The lowest BCUT2D eigenvalue weighted by atomic mass is 9.96. The van der Waals surface area contributed by atoms with E-state index in [2.05, 4.69) is 25.9 Å². The van der Waals surface area contributed by atoms with Gasteiger partial charge in [-0.15, -0.1) is 0 Å². The highest BCUT2D eigenvalue weighted by Gasteiger charge is 2.33. The van der Waals surface area contributed by atoms with Gasteiger partial charge in [0.15, 0.2) is 5.82 Å². The monoisotopic (exact) mass is 668 g/mol. The number of carbonyl (C=O) groups excluding carboxylic acids is 3. The molecule has 0 saturated carbocycles. The second-order valence-electron chi connectivity index (χ2n) is 13.5. The molecule has 0 bridgehead atoms. The molecule has 4 amide bonds. The minimum absolute atomic E-state index is 0.0590. The fourth-order valence-corrected chi connectivity index (χ4v) is 5.39. The lowest BCUT2D eigenvalue weighted by Gasteiger charge is -2.32. The van der Waals surface area contributed by atoms with Crippen molar-refractivity contribution in [3.05, 3.63) is 35.9 Å². The predicted molar refractivity (Wildman–Crippen MR) is 176 cm³/mol. The molecule has 1 aromatic carbocycles. The molecule has 4 heterocycles. The Morgan fingerprint density at radius 2 is 1.71 bits per heavy atom. The number of urea groups is 1.